The first-order valence-corrected chi connectivity index (χ1v) is 7.37. The number of aromatic nitrogens is 3. The van der Waals surface area contributed by atoms with Gasteiger partial charge in [-0.3, -0.25) is 9.48 Å². The Balaban J connectivity index is 1.90. The molecule has 0 spiro atoms. The quantitative estimate of drug-likeness (QED) is 0.833. The summed E-state index contributed by atoms with van der Waals surface area (Å²) >= 11 is 1.28. The molecule has 2 aromatic heterocycles. The van der Waals surface area contributed by atoms with Gasteiger partial charge in [-0.2, -0.15) is 5.10 Å². The number of amides is 1. The van der Waals surface area contributed by atoms with Crippen molar-refractivity contribution < 1.29 is 14.7 Å². The third-order valence-electron chi connectivity index (χ3n) is 2.88. The molecule has 0 atom stereocenters. The molecule has 0 fully saturated rings. The SMILES string of the molecule is CCc1nn(C)cc1C(=O)NCCc1nc(C(=O)O)cs1. The van der Waals surface area contributed by atoms with Crippen LogP contribution in [0.5, 0.6) is 0 Å². The summed E-state index contributed by atoms with van der Waals surface area (Å²) in [5.74, 6) is -1.21. The fourth-order valence-electron chi connectivity index (χ4n) is 1.89. The van der Waals surface area contributed by atoms with Crippen LogP contribution < -0.4 is 5.32 Å². The van der Waals surface area contributed by atoms with Crippen molar-refractivity contribution in [3.63, 3.8) is 0 Å². The van der Waals surface area contributed by atoms with E-state index in [1.807, 2.05) is 6.92 Å². The van der Waals surface area contributed by atoms with Crippen molar-refractivity contribution in [2.24, 2.45) is 7.05 Å². The van der Waals surface area contributed by atoms with Gasteiger partial charge >= 0.3 is 5.97 Å². The summed E-state index contributed by atoms with van der Waals surface area (Å²) in [6.45, 7) is 2.35. The first kappa shape index (κ1) is 15.2. The molecule has 7 nitrogen and oxygen atoms in total. The molecule has 8 heteroatoms. The average molecular weight is 308 g/mol. The number of carbonyl (C=O) groups excluding carboxylic acids is 1. The number of carboxylic acids is 1. The lowest BCUT2D eigenvalue weighted by Crippen LogP contribution is -2.26. The van der Waals surface area contributed by atoms with Crippen molar-refractivity contribution in [2.75, 3.05) is 6.54 Å². The molecule has 2 aromatic rings. The molecular weight excluding hydrogens is 292 g/mol. The highest BCUT2D eigenvalue weighted by atomic mass is 32.1. The molecule has 112 valence electrons. The summed E-state index contributed by atoms with van der Waals surface area (Å²) < 4.78 is 1.62. The number of hydrogen-bond acceptors (Lipinski definition) is 5. The van der Waals surface area contributed by atoms with E-state index in [0.717, 1.165) is 5.69 Å². The summed E-state index contributed by atoms with van der Waals surface area (Å²) in [6, 6.07) is 0. The molecule has 0 saturated heterocycles. The molecule has 0 aromatic carbocycles. The summed E-state index contributed by atoms with van der Waals surface area (Å²) in [5.41, 5.74) is 1.38. The zero-order chi connectivity index (χ0) is 15.4. The summed E-state index contributed by atoms with van der Waals surface area (Å²) in [4.78, 5) is 26.8. The van der Waals surface area contributed by atoms with E-state index in [1.54, 1.807) is 17.9 Å². The highest BCUT2D eigenvalue weighted by molar-refractivity contribution is 7.09. The maximum absolute atomic E-state index is 12.1. The normalized spacial score (nSPS) is 10.6. The Morgan fingerprint density at radius 3 is 2.86 bits per heavy atom. The van der Waals surface area contributed by atoms with Crippen LogP contribution in [-0.2, 0) is 19.9 Å². The highest BCUT2D eigenvalue weighted by Gasteiger charge is 2.14. The van der Waals surface area contributed by atoms with E-state index in [4.69, 9.17) is 5.11 Å². The number of nitrogens with one attached hydrogen (secondary N) is 1. The average Bonchev–Trinajstić information content (AvgIpc) is 3.05. The first-order valence-electron chi connectivity index (χ1n) is 6.49. The molecule has 0 bridgehead atoms. The molecule has 0 unspecified atom stereocenters. The Bertz CT molecular complexity index is 662. The molecule has 0 aliphatic carbocycles. The number of nitrogens with zero attached hydrogens (tertiary/aromatic N) is 3. The van der Waals surface area contributed by atoms with Crippen LogP contribution >= 0.6 is 11.3 Å². The van der Waals surface area contributed by atoms with Gasteiger partial charge < -0.3 is 10.4 Å². The van der Waals surface area contributed by atoms with Gasteiger partial charge in [0.2, 0.25) is 0 Å². The monoisotopic (exact) mass is 308 g/mol. The second kappa shape index (κ2) is 6.49. The van der Waals surface area contributed by atoms with Gasteiger partial charge in [0.15, 0.2) is 5.69 Å². The van der Waals surface area contributed by atoms with Crippen LogP contribution in [0.1, 0.15) is 38.5 Å². The standard InChI is InChI=1S/C13H16N4O3S/c1-3-9-8(6-17(2)16-9)12(18)14-5-4-11-15-10(7-21-11)13(19)20/h6-7H,3-5H2,1-2H3,(H,14,18)(H,19,20). The predicted octanol–water partition coefficient (Wildman–Crippen LogP) is 1.11. The Hall–Kier alpha value is -2.22. The zero-order valence-electron chi connectivity index (χ0n) is 11.8. The Morgan fingerprint density at radius 1 is 1.48 bits per heavy atom. The fraction of sp³-hybridized carbons (Fsp3) is 0.385. The van der Waals surface area contributed by atoms with Crippen LogP contribution in [0.15, 0.2) is 11.6 Å². The molecular formula is C13H16N4O3S. The zero-order valence-corrected chi connectivity index (χ0v) is 12.6. The minimum Gasteiger partial charge on any atom is -0.476 e. The van der Waals surface area contributed by atoms with Gasteiger partial charge in [0.25, 0.3) is 5.91 Å². The number of thiazole rings is 1. The molecule has 2 heterocycles. The lowest BCUT2D eigenvalue weighted by atomic mass is 10.2. The number of carboxylic acid groups (broad SMARTS) is 1. The number of hydrogen-bond donors (Lipinski definition) is 2. The highest BCUT2D eigenvalue weighted by Crippen LogP contribution is 2.10. The van der Waals surface area contributed by atoms with Crippen LogP contribution in [0, 0.1) is 0 Å². The van der Waals surface area contributed by atoms with Gasteiger partial charge in [-0.1, -0.05) is 6.92 Å². The molecule has 0 saturated carbocycles. The van der Waals surface area contributed by atoms with E-state index in [9.17, 15) is 9.59 Å². The summed E-state index contributed by atoms with van der Waals surface area (Å²) in [6.07, 6.45) is 2.89. The summed E-state index contributed by atoms with van der Waals surface area (Å²) in [5, 5.41) is 18.0. The lowest BCUT2D eigenvalue weighted by molar-refractivity contribution is 0.0690. The van der Waals surface area contributed by atoms with Crippen LogP contribution in [-0.4, -0.2) is 38.3 Å². The molecule has 2 rings (SSSR count). The van der Waals surface area contributed by atoms with Crippen LogP contribution in [0.3, 0.4) is 0 Å². The number of rotatable bonds is 6. The van der Waals surface area contributed by atoms with Crippen LogP contribution in [0.25, 0.3) is 0 Å². The maximum Gasteiger partial charge on any atom is 0.355 e. The van der Waals surface area contributed by atoms with Crippen molar-refractivity contribution in [3.05, 3.63) is 33.5 Å². The van der Waals surface area contributed by atoms with Gasteiger partial charge in [-0.05, 0) is 6.42 Å². The smallest absolute Gasteiger partial charge is 0.355 e. The Morgan fingerprint density at radius 2 is 2.24 bits per heavy atom. The van der Waals surface area contributed by atoms with E-state index in [1.165, 1.54) is 16.7 Å². The maximum atomic E-state index is 12.1. The topological polar surface area (TPSA) is 97.1 Å². The minimum absolute atomic E-state index is 0.0434. The molecule has 2 N–H and O–H groups in total. The van der Waals surface area contributed by atoms with E-state index in [2.05, 4.69) is 15.4 Å². The van der Waals surface area contributed by atoms with E-state index < -0.39 is 5.97 Å². The molecule has 0 radical (unpaired) electrons. The van der Waals surface area contributed by atoms with Crippen LogP contribution in [0.2, 0.25) is 0 Å². The number of carbonyl (C=O) groups is 2. The molecule has 0 aliphatic rings. The lowest BCUT2D eigenvalue weighted by Gasteiger charge is -2.03. The van der Waals surface area contributed by atoms with Crippen molar-refractivity contribution in [1.82, 2.24) is 20.1 Å². The van der Waals surface area contributed by atoms with Crippen molar-refractivity contribution in [1.29, 1.82) is 0 Å². The molecule has 21 heavy (non-hydrogen) atoms. The summed E-state index contributed by atoms with van der Waals surface area (Å²) in [7, 11) is 1.78. The van der Waals surface area contributed by atoms with Gasteiger partial charge in [0, 0.05) is 31.6 Å². The minimum atomic E-state index is -1.04. The Kier molecular flexibility index (Phi) is 4.69. The van der Waals surface area contributed by atoms with E-state index >= 15 is 0 Å². The third-order valence-corrected chi connectivity index (χ3v) is 3.79. The van der Waals surface area contributed by atoms with Crippen LogP contribution in [0.4, 0.5) is 0 Å². The van der Waals surface area contributed by atoms with Gasteiger partial charge in [0.05, 0.1) is 16.3 Å². The molecule has 1 amide bonds. The van der Waals surface area contributed by atoms with Gasteiger partial charge in [-0.15, -0.1) is 11.3 Å². The largest absolute Gasteiger partial charge is 0.476 e. The second-order valence-corrected chi connectivity index (χ2v) is 5.40. The number of aromatic carboxylic acids is 1. The van der Waals surface area contributed by atoms with Crippen molar-refractivity contribution >= 4 is 23.2 Å². The molecule has 0 aliphatic heterocycles. The first-order chi connectivity index (χ1) is 10.0. The fourth-order valence-corrected chi connectivity index (χ4v) is 2.66. The Labute approximate surface area is 125 Å². The third kappa shape index (κ3) is 3.66. The van der Waals surface area contributed by atoms with E-state index in [-0.39, 0.29) is 11.6 Å². The number of aryl methyl sites for hydroxylation is 2. The predicted molar refractivity (Wildman–Crippen MR) is 77.7 cm³/mol. The second-order valence-electron chi connectivity index (χ2n) is 4.45. The van der Waals surface area contributed by atoms with Crippen molar-refractivity contribution in [2.45, 2.75) is 19.8 Å². The van der Waals surface area contributed by atoms with Gasteiger partial charge in [0.1, 0.15) is 0 Å². The van der Waals surface area contributed by atoms with Crippen molar-refractivity contribution in [3.8, 4) is 0 Å². The van der Waals surface area contributed by atoms with Gasteiger partial charge in [-0.25, -0.2) is 9.78 Å². The van der Waals surface area contributed by atoms with E-state index in [0.29, 0.717) is 30.0 Å².